The minimum absolute atomic E-state index is 0.102. The highest BCUT2D eigenvalue weighted by atomic mass is 16.6. The summed E-state index contributed by atoms with van der Waals surface area (Å²) in [6.07, 6.45) is 3.06. The zero-order chi connectivity index (χ0) is 18.0. The Bertz CT molecular complexity index is 777. The molecular weight excluding hydrogens is 324 g/mol. The molecule has 1 unspecified atom stereocenters. The average Bonchev–Trinajstić information content (AvgIpc) is 2.54. The first-order valence-corrected chi connectivity index (χ1v) is 8.03. The number of nitrogens with two attached hydrogens (primary N) is 1. The summed E-state index contributed by atoms with van der Waals surface area (Å²) in [5.41, 5.74) is 6.26. The lowest BCUT2D eigenvalue weighted by Gasteiger charge is -2.34. The standard InChI is InChI=1S/C15H20N8O2/c1-9-6-13(19-10(2)18-9)22-5-3-4-11(8-22)20-15-17-7-12(23(24)25)14(16)21-15/h6-7,11H,3-5,8H2,1-2H3,(H3,16,17,20,21). The van der Waals surface area contributed by atoms with Crippen molar-refractivity contribution in [3.8, 4) is 0 Å². The maximum Gasteiger partial charge on any atom is 0.329 e. The summed E-state index contributed by atoms with van der Waals surface area (Å²) in [6, 6.07) is 2.07. The lowest BCUT2D eigenvalue weighted by molar-refractivity contribution is -0.384. The van der Waals surface area contributed by atoms with E-state index in [1.165, 1.54) is 0 Å². The van der Waals surface area contributed by atoms with Crippen LogP contribution < -0.4 is 16.0 Å². The molecule has 0 radical (unpaired) electrons. The highest BCUT2D eigenvalue weighted by Gasteiger charge is 2.23. The van der Waals surface area contributed by atoms with E-state index in [-0.39, 0.29) is 17.5 Å². The summed E-state index contributed by atoms with van der Waals surface area (Å²) in [5, 5.41) is 14.0. The molecule has 10 heteroatoms. The predicted molar refractivity (Wildman–Crippen MR) is 93.5 cm³/mol. The van der Waals surface area contributed by atoms with Gasteiger partial charge >= 0.3 is 5.69 Å². The topological polar surface area (TPSA) is 136 Å². The number of hydrogen-bond donors (Lipinski definition) is 2. The van der Waals surface area contributed by atoms with Crippen LogP contribution in [0.15, 0.2) is 12.3 Å². The number of nitrogen functional groups attached to an aromatic ring is 1. The third-order valence-electron chi connectivity index (χ3n) is 4.03. The van der Waals surface area contributed by atoms with Crippen molar-refractivity contribution in [2.24, 2.45) is 0 Å². The molecule has 10 nitrogen and oxygen atoms in total. The molecule has 0 aliphatic carbocycles. The van der Waals surface area contributed by atoms with Crippen LogP contribution >= 0.6 is 0 Å². The van der Waals surface area contributed by atoms with Gasteiger partial charge in [0.1, 0.15) is 17.8 Å². The third kappa shape index (κ3) is 3.90. The maximum atomic E-state index is 10.8. The third-order valence-corrected chi connectivity index (χ3v) is 4.03. The van der Waals surface area contributed by atoms with Crippen LogP contribution in [0.3, 0.4) is 0 Å². The molecule has 1 aliphatic heterocycles. The summed E-state index contributed by atoms with van der Waals surface area (Å²) in [6.45, 7) is 5.47. The largest absolute Gasteiger partial charge is 0.378 e. The minimum atomic E-state index is -0.596. The van der Waals surface area contributed by atoms with E-state index < -0.39 is 4.92 Å². The van der Waals surface area contributed by atoms with E-state index in [1.54, 1.807) is 0 Å². The van der Waals surface area contributed by atoms with Gasteiger partial charge in [-0.2, -0.15) is 4.98 Å². The van der Waals surface area contributed by atoms with Crippen LogP contribution in [-0.4, -0.2) is 44.0 Å². The van der Waals surface area contributed by atoms with E-state index in [9.17, 15) is 10.1 Å². The van der Waals surface area contributed by atoms with Gasteiger partial charge in [-0.3, -0.25) is 10.1 Å². The second-order valence-corrected chi connectivity index (χ2v) is 6.07. The van der Waals surface area contributed by atoms with Gasteiger partial charge in [-0.25, -0.2) is 15.0 Å². The first-order chi connectivity index (χ1) is 11.9. The van der Waals surface area contributed by atoms with Crippen LogP contribution in [0.25, 0.3) is 0 Å². The Morgan fingerprint density at radius 2 is 2.16 bits per heavy atom. The quantitative estimate of drug-likeness (QED) is 0.623. The molecule has 0 bridgehead atoms. The highest BCUT2D eigenvalue weighted by molar-refractivity contribution is 5.53. The van der Waals surface area contributed by atoms with Gasteiger partial charge in [-0.15, -0.1) is 0 Å². The number of aryl methyl sites for hydroxylation is 2. The Morgan fingerprint density at radius 3 is 2.84 bits per heavy atom. The number of piperidine rings is 1. The van der Waals surface area contributed by atoms with Crippen molar-refractivity contribution in [1.29, 1.82) is 0 Å². The number of aromatic nitrogens is 4. The molecule has 0 amide bonds. The van der Waals surface area contributed by atoms with Crippen molar-refractivity contribution < 1.29 is 4.92 Å². The molecule has 1 atom stereocenters. The Balaban J connectivity index is 1.71. The molecule has 1 fully saturated rings. The summed E-state index contributed by atoms with van der Waals surface area (Å²) in [7, 11) is 0. The van der Waals surface area contributed by atoms with Gasteiger partial charge in [0.05, 0.1) is 4.92 Å². The number of nitrogens with one attached hydrogen (secondary N) is 1. The molecule has 1 aliphatic rings. The number of nitro groups is 1. The van der Waals surface area contributed by atoms with E-state index in [4.69, 9.17) is 5.73 Å². The summed E-state index contributed by atoms with van der Waals surface area (Å²) in [4.78, 5) is 29.2. The van der Waals surface area contributed by atoms with Crippen LogP contribution in [0.4, 0.5) is 23.3 Å². The molecule has 3 rings (SSSR count). The van der Waals surface area contributed by atoms with Crippen LogP contribution in [0, 0.1) is 24.0 Å². The Labute approximate surface area is 144 Å². The molecule has 1 saturated heterocycles. The second kappa shape index (κ2) is 6.83. The SMILES string of the molecule is Cc1cc(N2CCCC(Nc3ncc([N+](=O)[O-])c(N)n3)C2)nc(C)n1. The number of nitrogens with zero attached hydrogens (tertiary/aromatic N) is 6. The number of hydrogen-bond acceptors (Lipinski definition) is 9. The Hall–Kier alpha value is -3.04. The average molecular weight is 344 g/mol. The predicted octanol–water partition coefficient (Wildman–Crippen LogP) is 1.45. The highest BCUT2D eigenvalue weighted by Crippen LogP contribution is 2.22. The maximum absolute atomic E-state index is 10.8. The minimum Gasteiger partial charge on any atom is -0.378 e. The smallest absolute Gasteiger partial charge is 0.329 e. The van der Waals surface area contributed by atoms with E-state index in [1.807, 2.05) is 19.9 Å². The van der Waals surface area contributed by atoms with Crippen molar-refractivity contribution in [2.75, 3.05) is 29.0 Å². The molecule has 3 N–H and O–H groups in total. The van der Waals surface area contributed by atoms with Gasteiger partial charge in [0.15, 0.2) is 0 Å². The zero-order valence-corrected chi connectivity index (χ0v) is 14.1. The van der Waals surface area contributed by atoms with E-state index in [2.05, 4.69) is 30.2 Å². The van der Waals surface area contributed by atoms with Gasteiger partial charge in [-0.1, -0.05) is 0 Å². The van der Waals surface area contributed by atoms with Crippen LogP contribution in [0.5, 0.6) is 0 Å². The van der Waals surface area contributed by atoms with Crippen molar-refractivity contribution in [2.45, 2.75) is 32.7 Å². The molecular formula is C15H20N8O2. The van der Waals surface area contributed by atoms with E-state index in [0.29, 0.717) is 5.95 Å². The fourth-order valence-electron chi connectivity index (χ4n) is 2.94. The molecule has 0 aromatic carbocycles. The van der Waals surface area contributed by atoms with Gasteiger partial charge in [0.25, 0.3) is 0 Å². The molecule has 0 saturated carbocycles. The van der Waals surface area contributed by atoms with Crippen molar-refractivity contribution in [1.82, 2.24) is 19.9 Å². The van der Waals surface area contributed by atoms with E-state index in [0.717, 1.165) is 49.5 Å². The van der Waals surface area contributed by atoms with Gasteiger partial charge < -0.3 is 16.0 Å². The second-order valence-electron chi connectivity index (χ2n) is 6.07. The Kier molecular flexibility index (Phi) is 4.59. The molecule has 0 spiro atoms. The monoisotopic (exact) mass is 344 g/mol. The first-order valence-electron chi connectivity index (χ1n) is 8.03. The normalized spacial score (nSPS) is 17.4. The van der Waals surface area contributed by atoms with Gasteiger partial charge in [0.2, 0.25) is 11.8 Å². The fourth-order valence-corrected chi connectivity index (χ4v) is 2.94. The van der Waals surface area contributed by atoms with Crippen LogP contribution in [-0.2, 0) is 0 Å². The molecule has 132 valence electrons. The van der Waals surface area contributed by atoms with Gasteiger partial charge in [0, 0.05) is 30.9 Å². The lowest BCUT2D eigenvalue weighted by atomic mass is 10.1. The molecule has 2 aromatic rings. The number of anilines is 3. The van der Waals surface area contributed by atoms with Crippen molar-refractivity contribution in [3.63, 3.8) is 0 Å². The van der Waals surface area contributed by atoms with Crippen LogP contribution in [0.2, 0.25) is 0 Å². The van der Waals surface area contributed by atoms with E-state index >= 15 is 0 Å². The zero-order valence-electron chi connectivity index (χ0n) is 14.1. The lowest BCUT2D eigenvalue weighted by Crippen LogP contribution is -2.43. The number of rotatable bonds is 4. The summed E-state index contributed by atoms with van der Waals surface area (Å²) in [5.74, 6) is 1.81. The Morgan fingerprint density at radius 1 is 1.36 bits per heavy atom. The summed E-state index contributed by atoms with van der Waals surface area (Å²) >= 11 is 0. The fraction of sp³-hybridized carbons (Fsp3) is 0.467. The summed E-state index contributed by atoms with van der Waals surface area (Å²) < 4.78 is 0. The van der Waals surface area contributed by atoms with Crippen molar-refractivity contribution in [3.05, 3.63) is 33.9 Å². The van der Waals surface area contributed by atoms with Gasteiger partial charge in [-0.05, 0) is 26.7 Å². The molecule has 25 heavy (non-hydrogen) atoms. The molecule has 3 heterocycles. The van der Waals surface area contributed by atoms with Crippen molar-refractivity contribution >= 4 is 23.3 Å². The first kappa shape index (κ1) is 16.8. The molecule has 2 aromatic heterocycles. The van der Waals surface area contributed by atoms with Crippen LogP contribution in [0.1, 0.15) is 24.4 Å².